The van der Waals surface area contributed by atoms with E-state index in [9.17, 15) is 4.39 Å². The number of rotatable bonds is 4. The Morgan fingerprint density at radius 2 is 2.00 bits per heavy atom. The van der Waals surface area contributed by atoms with Crippen LogP contribution in [0.2, 0.25) is 0 Å². The molecule has 1 aromatic heterocycles. The molecule has 0 aliphatic heterocycles. The quantitative estimate of drug-likeness (QED) is 0.900. The van der Waals surface area contributed by atoms with Gasteiger partial charge in [-0.1, -0.05) is 12.1 Å². The third-order valence-electron chi connectivity index (χ3n) is 3.31. The lowest BCUT2D eigenvalue weighted by Gasteiger charge is -2.14. The van der Waals surface area contributed by atoms with Crippen molar-refractivity contribution in [1.82, 2.24) is 15.1 Å². The number of aromatic nitrogens is 2. The average Bonchev–Trinajstić information content (AvgIpc) is 2.68. The average molecular weight is 247 g/mol. The van der Waals surface area contributed by atoms with Crippen LogP contribution in [-0.4, -0.2) is 9.78 Å². The normalized spacial score (nSPS) is 12.7. The minimum atomic E-state index is -0.200. The predicted octanol–water partition coefficient (Wildman–Crippen LogP) is 2.72. The molecule has 3 nitrogen and oxygen atoms in total. The van der Waals surface area contributed by atoms with E-state index in [4.69, 9.17) is 0 Å². The summed E-state index contributed by atoms with van der Waals surface area (Å²) in [6, 6.07) is 6.78. The molecule has 0 fully saturated rings. The first kappa shape index (κ1) is 12.8. The summed E-state index contributed by atoms with van der Waals surface area (Å²) in [4.78, 5) is 0. The Bertz CT molecular complexity index is 516. The molecule has 0 aliphatic rings. The van der Waals surface area contributed by atoms with E-state index >= 15 is 0 Å². The highest BCUT2D eigenvalue weighted by molar-refractivity contribution is 5.20. The van der Waals surface area contributed by atoms with Gasteiger partial charge in [0.15, 0.2) is 0 Å². The van der Waals surface area contributed by atoms with Crippen LogP contribution in [-0.2, 0) is 13.6 Å². The largest absolute Gasteiger partial charge is 0.306 e. The van der Waals surface area contributed by atoms with Gasteiger partial charge < -0.3 is 5.32 Å². The molecule has 0 bridgehead atoms. The molecule has 4 heteroatoms. The Labute approximate surface area is 107 Å². The molecular weight excluding hydrogens is 229 g/mol. The number of hydrogen-bond donors (Lipinski definition) is 1. The zero-order chi connectivity index (χ0) is 13.1. The Morgan fingerprint density at radius 3 is 2.56 bits per heavy atom. The molecule has 2 rings (SSSR count). The predicted molar refractivity (Wildman–Crippen MR) is 69.6 cm³/mol. The summed E-state index contributed by atoms with van der Waals surface area (Å²) in [6.45, 7) is 4.88. The first-order chi connectivity index (χ1) is 8.58. The van der Waals surface area contributed by atoms with Gasteiger partial charge >= 0.3 is 0 Å². The fourth-order valence-corrected chi connectivity index (χ4v) is 1.85. The van der Waals surface area contributed by atoms with Gasteiger partial charge in [-0.3, -0.25) is 4.68 Å². The van der Waals surface area contributed by atoms with Crippen molar-refractivity contribution in [3.63, 3.8) is 0 Å². The van der Waals surface area contributed by atoms with Crippen molar-refractivity contribution in [1.29, 1.82) is 0 Å². The fraction of sp³-hybridized carbons (Fsp3) is 0.357. The molecular formula is C14H18FN3. The van der Waals surface area contributed by atoms with E-state index < -0.39 is 0 Å². The molecule has 0 unspecified atom stereocenters. The first-order valence-corrected chi connectivity index (χ1v) is 6.04. The van der Waals surface area contributed by atoms with Crippen LogP contribution in [0.4, 0.5) is 4.39 Å². The SMILES string of the molecule is Cc1c(CN[C@H](C)c2ccc(F)cc2)cnn1C. The highest BCUT2D eigenvalue weighted by Gasteiger charge is 2.07. The van der Waals surface area contributed by atoms with Crippen molar-refractivity contribution < 1.29 is 4.39 Å². The summed E-state index contributed by atoms with van der Waals surface area (Å²) >= 11 is 0. The summed E-state index contributed by atoms with van der Waals surface area (Å²) in [5, 5.41) is 7.62. The van der Waals surface area contributed by atoms with Gasteiger partial charge in [0.2, 0.25) is 0 Å². The first-order valence-electron chi connectivity index (χ1n) is 6.04. The van der Waals surface area contributed by atoms with Gasteiger partial charge in [0.25, 0.3) is 0 Å². The van der Waals surface area contributed by atoms with Crippen LogP contribution in [0.15, 0.2) is 30.5 Å². The van der Waals surface area contributed by atoms with E-state index in [0.717, 1.165) is 17.8 Å². The van der Waals surface area contributed by atoms with Crippen molar-refractivity contribution >= 4 is 0 Å². The molecule has 96 valence electrons. The van der Waals surface area contributed by atoms with Gasteiger partial charge in [0.1, 0.15) is 5.82 Å². The van der Waals surface area contributed by atoms with E-state index in [1.54, 1.807) is 0 Å². The molecule has 1 atom stereocenters. The Hall–Kier alpha value is -1.68. The molecule has 0 aliphatic carbocycles. The maximum absolute atomic E-state index is 12.8. The monoisotopic (exact) mass is 247 g/mol. The third kappa shape index (κ3) is 2.76. The Balaban J connectivity index is 1.98. The molecule has 18 heavy (non-hydrogen) atoms. The fourth-order valence-electron chi connectivity index (χ4n) is 1.85. The van der Waals surface area contributed by atoms with E-state index in [2.05, 4.69) is 17.3 Å². The smallest absolute Gasteiger partial charge is 0.123 e. The van der Waals surface area contributed by atoms with Crippen LogP contribution in [0.3, 0.4) is 0 Å². The summed E-state index contributed by atoms with van der Waals surface area (Å²) in [5.41, 5.74) is 3.43. The molecule has 2 aromatic rings. The molecule has 1 heterocycles. The van der Waals surface area contributed by atoms with Crippen molar-refractivity contribution in [3.8, 4) is 0 Å². The minimum absolute atomic E-state index is 0.185. The number of benzene rings is 1. The van der Waals surface area contributed by atoms with Crippen molar-refractivity contribution in [2.45, 2.75) is 26.4 Å². The number of nitrogens with one attached hydrogen (secondary N) is 1. The molecule has 0 saturated carbocycles. The van der Waals surface area contributed by atoms with Crippen molar-refractivity contribution in [2.75, 3.05) is 0 Å². The summed E-state index contributed by atoms with van der Waals surface area (Å²) in [7, 11) is 1.93. The summed E-state index contributed by atoms with van der Waals surface area (Å²) in [6.07, 6.45) is 1.87. The van der Waals surface area contributed by atoms with Gasteiger partial charge in [0, 0.05) is 30.9 Å². The molecule has 0 amide bonds. The van der Waals surface area contributed by atoms with Gasteiger partial charge in [-0.25, -0.2) is 4.39 Å². The molecule has 0 saturated heterocycles. The van der Waals surface area contributed by atoms with Gasteiger partial charge in [-0.15, -0.1) is 0 Å². The zero-order valence-electron chi connectivity index (χ0n) is 10.9. The van der Waals surface area contributed by atoms with Crippen LogP contribution in [0, 0.1) is 12.7 Å². The van der Waals surface area contributed by atoms with E-state index in [-0.39, 0.29) is 11.9 Å². The highest BCUT2D eigenvalue weighted by Crippen LogP contribution is 2.14. The van der Waals surface area contributed by atoms with Gasteiger partial charge in [-0.2, -0.15) is 5.10 Å². The van der Waals surface area contributed by atoms with Gasteiger partial charge in [-0.05, 0) is 31.5 Å². The van der Waals surface area contributed by atoms with Crippen molar-refractivity contribution in [3.05, 3.63) is 53.1 Å². The van der Waals surface area contributed by atoms with Crippen LogP contribution in [0.25, 0.3) is 0 Å². The summed E-state index contributed by atoms with van der Waals surface area (Å²) < 4.78 is 14.7. The second-order valence-electron chi connectivity index (χ2n) is 4.53. The van der Waals surface area contributed by atoms with Crippen LogP contribution >= 0.6 is 0 Å². The van der Waals surface area contributed by atoms with Gasteiger partial charge in [0.05, 0.1) is 6.20 Å². The maximum atomic E-state index is 12.8. The van der Waals surface area contributed by atoms with Crippen molar-refractivity contribution in [2.24, 2.45) is 7.05 Å². The number of nitrogens with zero attached hydrogens (tertiary/aromatic N) is 2. The Morgan fingerprint density at radius 1 is 1.33 bits per heavy atom. The maximum Gasteiger partial charge on any atom is 0.123 e. The van der Waals surface area contributed by atoms with Crippen LogP contribution in [0.1, 0.15) is 29.8 Å². The Kier molecular flexibility index (Phi) is 3.77. The number of hydrogen-bond acceptors (Lipinski definition) is 2. The molecule has 0 radical (unpaired) electrons. The highest BCUT2D eigenvalue weighted by atomic mass is 19.1. The number of aryl methyl sites for hydroxylation is 1. The lowest BCUT2D eigenvalue weighted by Crippen LogP contribution is -2.18. The third-order valence-corrected chi connectivity index (χ3v) is 3.31. The standard InChI is InChI=1S/C14H18FN3/c1-10(12-4-6-14(15)7-5-12)16-8-13-9-17-18(3)11(13)2/h4-7,9-10,16H,8H2,1-3H3/t10-/m1/s1. The lowest BCUT2D eigenvalue weighted by molar-refractivity contribution is 0.569. The molecule has 1 N–H and O–H groups in total. The molecule has 0 spiro atoms. The molecule has 1 aromatic carbocycles. The minimum Gasteiger partial charge on any atom is -0.306 e. The summed E-state index contributed by atoms with van der Waals surface area (Å²) in [5.74, 6) is -0.200. The number of halogens is 1. The van der Waals surface area contributed by atoms with E-state index in [1.807, 2.05) is 37.0 Å². The lowest BCUT2D eigenvalue weighted by atomic mass is 10.1. The second-order valence-corrected chi connectivity index (χ2v) is 4.53. The zero-order valence-corrected chi connectivity index (χ0v) is 10.9. The van der Waals surface area contributed by atoms with Crippen LogP contribution in [0.5, 0.6) is 0 Å². The van der Waals surface area contributed by atoms with Crippen LogP contribution < -0.4 is 5.32 Å². The van der Waals surface area contributed by atoms with E-state index in [1.165, 1.54) is 17.7 Å². The topological polar surface area (TPSA) is 29.9 Å². The van der Waals surface area contributed by atoms with E-state index in [0.29, 0.717) is 0 Å². The second kappa shape index (κ2) is 5.31.